The molecule has 2 nitrogen and oxygen atoms in total. The highest BCUT2D eigenvalue weighted by atomic mass is 14.9. The van der Waals surface area contributed by atoms with Crippen molar-refractivity contribution in [2.24, 2.45) is 0 Å². The fourth-order valence-electron chi connectivity index (χ4n) is 4.08. The van der Waals surface area contributed by atoms with Crippen molar-refractivity contribution in [1.82, 2.24) is 9.97 Å². The molecule has 1 aliphatic rings. The Hall–Kier alpha value is -1.70. The quantitative estimate of drug-likeness (QED) is 0.427. The molecule has 0 unspecified atom stereocenters. The van der Waals surface area contributed by atoms with Crippen LogP contribution in [0.2, 0.25) is 0 Å². The average molecular weight is 351 g/mol. The van der Waals surface area contributed by atoms with E-state index in [0.29, 0.717) is 0 Å². The lowest BCUT2D eigenvalue weighted by Crippen LogP contribution is -1.95. The van der Waals surface area contributed by atoms with E-state index in [1.165, 1.54) is 81.8 Å². The number of hydrogen-bond acceptors (Lipinski definition) is 2. The molecule has 1 aromatic heterocycles. The lowest BCUT2D eigenvalue weighted by atomic mass is 9.96. The molecule has 1 heterocycles. The molecule has 2 aromatic rings. The molecule has 1 aliphatic carbocycles. The van der Waals surface area contributed by atoms with E-state index in [4.69, 9.17) is 0 Å². The van der Waals surface area contributed by atoms with Gasteiger partial charge in [0.2, 0.25) is 0 Å². The predicted molar refractivity (Wildman–Crippen MR) is 110 cm³/mol. The van der Waals surface area contributed by atoms with Gasteiger partial charge in [0.05, 0.1) is 0 Å². The maximum absolute atomic E-state index is 4.60. The minimum atomic E-state index is 0.773. The lowest BCUT2D eigenvalue weighted by molar-refractivity contribution is 0.589. The number of nitrogens with zero attached hydrogens (tertiary/aromatic N) is 2. The van der Waals surface area contributed by atoms with Gasteiger partial charge in [-0.3, -0.25) is 0 Å². The zero-order valence-corrected chi connectivity index (χ0v) is 16.4. The summed E-state index contributed by atoms with van der Waals surface area (Å²) in [7, 11) is 0. The van der Waals surface area contributed by atoms with Crippen molar-refractivity contribution in [1.29, 1.82) is 0 Å². The summed E-state index contributed by atoms with van der Waals surface area (Å²) in [4.78, 5) is 9.21. The number of rotatable bonds is 10. The van der Waals surface area contributed by atoms with Crippen LogP contribution in [0.5, 0.6) is 0 Å². The Morgan fingerprint density at radius 2 is 1.42 bits per heavy atom. The van der Waals surface area contributed by atoms with Gasteiger partial charge in [-0.15, -0.1) is 0 Å². The summed E-state index contributed by atoms with van der Waals surface area (Å²) in [6, 6.07) is 8.94. The lowest BCUT2D eigenvalue weighted by Gasteiger charge is -2.10. The zero-order valence-electron chi connectivity index (χ0n) is 16.4. The van der Waals surface area contributed by atoms with Crippen LogP contribution >= 0.6 is 0 Å². The van der Waals surface area contributed by atoms with Gasteiger partial charge in [-0.2, -0.15) is 0 Å². The van der Waals surface area contributed by atoms with E-state index in [9.17, 15) is 0 Å². The van der Waals surface area contributed by atoms with E-state index in [1.807, 2.05) is 12.4 Å². The van der Waals surface area contributed by atoms with E-state index < -0.39 is 0 Å². The van der Waals surface area contributed by atoms with E-state index in [1.54, 1.807) is 0 Å². The van der Waals surface area contributed by atoms with Crippen molar-refractivity contribution in [3.05, 3.63) is 47.8 Å². The third-order valence-electron chi connectivity index (χ3n) is 5.77. The Labute approximate surface area is 159 Å². The van der Waals surface area contributed by atoms with Gasteiger partial charge in [0.25, 0.3) is 0 Å². The molecule has 1 fully saturated rings. The summed E-state index contributed by atoms with van der Waals surface area (Å²) in [6.45, 7) is 2.27. The molecule has 0 amide bonds. The summed E-state index contributed by atoms with van der Waals surface area (Å²) >= 11 is 0. The van der Waals surface area contributed by atoms with Crippen LogP contribution < -0.4 is 0 Å². The molecule has 26 heavy (non-hydrogen) atoms. The molecule has 1 aromatic carbocycles. The molecule has 0 aliphatic heterocycles. The number of hydrogen-bond donors (Lipinski definition) is 0. The third kappa shape index (κ3) is 5.65. The molecule has 0 atom stereocenters. The topological polar surface area (TPSA) is 25.8 Å². The van der Waals surface area contributed by atoms with Crippen LogP contribution in [0, 0.1) is 0 Å². The van der Waals surface area contributed by atoms with Crippen LogP contribution in [-0.2, 0) is 6.42 Å². The first-order valence-corrected chi connectivity index (χ1v) is 10.8. The van der Waals surface area contributed by atoms with Crippen molar-refractivity contribution in [3.8, 4) is 11.4 Å². The number of aryl methyl sites for hydroxylation is 1. The molecule has 0 radical (unpaired) electrons. The van der Waals surface area contributed by atoms with Crippen molar-refractivity contribution in [2.75, 3.05) is 0 Å². The van der Waals surface area contributed by atoms with E-state index in [2.05, 4.69) is 41.2 Å². The number of aromatic nitrogens is 2. The first kappa shape index (κ1) is 19.1. The summed E-state index contributed by atoms with van der Waals surface area (Å²) < 4.78 is 0. The Bertz CT molecular complexity index is 624. The molecule has 140 valence electrons. The smallest absolute Gasteiger partial charge is 0.159 e. The summed E-state index contributed by atoms with van der Waals surface area (Å²) in [5, 5.41) is 0. The van der Waals surface area contributed by atoms with E-state index in [-0.39, 0.29) is 0 Å². The van der Waals surface area contributed by atoms with Gasteiger partial charge in [0.1, 0.15) is 0 Å². The summed E-state index contributed by atoms with van der Waals surface area (Å²) in [5.74, 6) is 1.63. The molecule has 0 bridgehead atoms. The molecule has 2 heteroatoms. The molecular weight excluding hydrogens is 316 g/mol. The second-order valence-corrected chi connectivity index (χ2v) is 7.89. The Kier molecular flexibility index (Phi) is 7.66. The molecule has 0 spiro atoms. The standard InChI is InChI=1S/C24H34N2/c1-2-3-4-5-6-7-8-11-20-18-25-24(26-19-20)23-16-14-22(15-17-23)21-12-9-10-13-21/h14-19,21H,2-13H2,1H3. The van der Waals surface area contributed by atoms with Crippen LogP contribution in [0.1, 0.15) is 94.6 Å². The van der Waals surface area contributed by atoms with Gasteiger partial charge >= 0.3 is 0 Å². The SMILES string of the molecule is CCCCCCCCCc1cnc(-c2ccc(C3CCCC3)cc2)nc1. The zero-order chi connectivity index (χ0) is 18.0. The Morgan fingerprint density at radius 1 is 0.808 bits per heavy atom. The van der Waals surface area contributed by atoms with Gasteiger partial charge < -0.3 is 0 Å². The number of benzene rings is 1. The Balaban J connectivity index is 1.45. The second kappa shape index (κ2) is 10.4. The first-order chi connectivity index (χ1) is 12.9. The van der Waals surface area contributed by atoms with Crippen molar-refractivity contribution < 1.29 is 0 Å². The highest BCUT2D eigenvalue weighted by molar-refractivity contribution is 5.55. The highest BCUT2D eigenvalue weighted by Gasteiger charge is 2.16. The average Bonchev–Trinajstić information content (AvgIpc) is 3.23. The molecule has 1 saturated carbocycles. The third-order valence-corrected chi connectivity index (χ3v) is 5.77. The highest BCUT2D eigenvalue weighted by Crippen LogP contribution is 2.34. The molecular formula is C24H34N2. The fraction of sp³-hybridized carbons (Fsp3) is 0.583. The summed E-state index contributed by atoms with van der Waals surface area (Å²) in [6.07, 6.45) is 20.1. The van der Waals surface area contributed by atoms with Gasteiger partial charge in [0.15, 0.2) is 5.82 Å². The summed E-state index contributed by atoms with van der Waals surface area (Å²) in [5.41, 5.74) is 3.89. The normalized spacial score (nSPS) is 14.8. The van der Waals surface area contributed by atoms with Gasteiger partial charge in [-0.05, 0) is 42.7 Å². The van der Waals surface area contributed by atoms with Crippen LogP contribution in [0.15, 0.2) is 36.7 Å². The van der Waals surface area contributed by atoms with Gasteiger partial charge in [-0.1, -0.05) is 82.6 Å². The maximum Gasteiger partial charge on any atom is 0.159 e. The predicted octanol–water partition coefficient (Wildman–Crippen LogP) is 7.09. The maximum atomic E-state index is 4.60. The first-order valence-electron chi connectivity index (χ1n) is 10.8. The van der Waals surface area contributed by atoms with Crippen LogP contribution in [0.25, 0.3) is 11.4 Å². The van der Waals surface area contributed by atoms with Crippen molar-refractivity contribution >= 4 is 0 Å². The second-order valence-electron chi connectivity index (χ2n) is 7.89. The molecule has 0 saturated heterocycles. The van der Waals surface area contributed by atoms with E-state index in [0.717, 1.165) is 23.7 Å². The van der Waals surface area contributed by atoms with Crippen LogP contribution in [0.4, 0.5) is 0 Å². The molecule has 3 rings (SSSR count). The molecule has 0 N–H and O–H groups in total. The Morgan fingerprint density at radius 3 is 2.08 bits per heavy atom. The van der Waals surface area contributed by atoms with E-state index >= 15 is 0 Å². The van der Waals surface area contributed by atoms with Crippen molar-refractivity contribution in [3.63, 3.8) is 0 Å². The number of unbranched alkanes of at least 4 members (excludes halogenated alkanes) is 6. The minimum absolute atomic E-state index is 0.773. The monoisotopic (exact) mass is 350 g/mol. The van der Waals surface area contributed by atoms with Crippen molar-refractivity contribution in [2.45, 2.75) is 89.9 Å². The van der Waals surface area contributed by atoms with Crippen LogP contribution in [-0.4, -0.2) is 9.97 Å². The van der Waals surface area contributed by atoms with Gasteiger partial charge in [-0.25, -0.2) is 9.97 Å². The largest absolute Gasteiger partial charge is 0.236 e. The fourth-order valence-corrected chi connectivity index (χ4v) is 4.08. The van der Waals surface area contributed by atoms with Gasteiger partial charge in [0, 0.05) is 18.0 Å². The van der Waals surface area contributed by atoms with Crippen LogP contribution in [0.3, 0.4) is 0 Å². The minimum Gasteiger partial charge on any atom is -0.236 e.